The van der Waals surface area contributed by atoms with E-state index in [2.05, 4.69) is 42.7 Å². The number of likely N-dealkylation sites (N-methyl/N-ethyl adjacent to an activating group) is 1. The van der Waals surface area contributed by atoms with Gasteiger partial charge in [0.05, 0.1) is 18.8 Å². The van der Waals surface area contributed by atoms with Crippen LogP contribution in [0.3, 0.4) is 0 Å². The Balaban J connectivity index is 1.39. The minimum Gasteiger partial charge on any atom is -0.378 e. The monoisotopic (exact) mass is 451 g/mol. The molecule has 1 amide bonds. The third-order valence-corrected chi connectivity index (χ3v) is 5.20. The zero-order valence-electron chi connectivity index (χ0n) is 18.9. The summed E-state index contributed by atoms with van der Waals surface area (Å²) in [6.45, 7) is 4.59. The molecule has 1 aliphatic rings. The second-order valence-electron chi connectivity index (χ2n) is 7.94. The molecule has 33 heavy (non-hydrogen) atoms. The fraction of sp³-hybridized carbons (Fsp3) is 0.364. The Kier molecular flexibility index (Phi) is 7.01. The first-order valence-electron chi connectivity index (χ1n) is 10.8. The van der Waals surface area contributed by atoms with Crippen molar-refractivity contribution in [2.75, 3.05) is 69.4 Å². The van der Waals surface area contributed by atoms with Gasteiger partial charge < -0.3 is 30.9 Å². The van der Waals surface area contributed by atoms with E-state index < -0.39 is 0 Å². The maximum absolute atomic E-state index is 12.2. The number of nitrogens with one attached hydrogen (secondary N) is 2. The predicted molar refractivity (Wildman–Crippen MR) is 127 cm³/mol. The molecule has 1 aromatic carbocycles. The van der Waals surface area contributed by atoms with Crippen LogP contribution >= 0.6 is 0 Å². The van der Waals surface area contributed by atoms with Gasteiger partial charge in [-0.2, -0.15) is 9.67 Å². The number of rotatable bonds is 8. The highest BCUT2D eigenvalue weighted by Gasteiger charge is 2.13. The van der Waals surface area contributed by atoms with Gasteiger partial charge in [-0.05, 0) is 50.5 Å². The first-order chi connectivity index (χ1) is 16.0. The summed E-state index contributed by atoms with van der Waals surface area (Å²) in [7, 11) is 3.91. The van der Waals surface area contributed by atoms with Gasteiger partial charge in [0.2, 0.25) is 11.9 Å². The molecule has 0 unspecified atom stereocenters. The number of pyridine rings is 1. The summed E-state index contributed by atoms with van der Waals surface area (Å²) in [5.41, 5.74) is 8.51. The van der Waals surface area contributed by atoms with Crippen LogP contribution in [0.2, 0.25) is 0 Å². The summed E-state index contributed by atoms with van der Waals surface area (Å²) >= 11 is 0. The lowest BCUT2D eigenvalue weighted by Crippen LogP contribution is -2.36. The summed E-state index contributed by atoms with van der Waals surface area (Å²) in [6, 6.07) is 11.4. The van der Waals surface area contributed by atoms with E-state index in [0.29, 0.717) is 23.9 Å². The van der Waals surface area contributed by atoms with Crippen molar-refractivity contribution in [2.24, 2.45) is 0 Å². The van der Waals surface area contributed by atoms with Crippen molar-refractivity contribution in [3.05, 3.63) is 48.2 Å². The molecule has 0 bridgehead atoms. The SMILES string of the molecule is CN(C)CCNC(=O)c1ccc(-n2nc(Nc3ccc(N4CCOCC4)cc3)nc2N)nc1. The van der Waals surface area contributed by atoms with Gasteiger partial charge in [-0.15, -0.1) is 5.10 Å². The highest BCUT2D eigenvalue weighted by Crippen LogP contribution is 2.21. The molecule has 0 saturated carbocycles. The van der Waals surface area contributed by atoms with Gasteiger partial charge in [-0.3, -0.25) is 4.79 Å². The normalized spacial score (nSPS) is 13.8. The Labute approximate surface area is 192 Å². The first kappa shape index (κ1) is 22.5. The topological polar surface area (TPSA) is 126 Å². The largest absolute Gasteiger partial charge is 0.378 e. The Morgan fingerprint density at radius 3 is 2.58 bits per heavy atom. The zero-order valence-corrected chi connectivity index (χ0v) is 18.9. The van der Waals surface area contributed by atoms with Crippen molar-refractivity contribution < 1.29 is 9.53 Å². The van der Waals surface area contributed by atoms with E-state index in [1.54, 1.807) is 12.1 Å². The smallest absolute Gasteiger partial charge is 0.252 e. The number of nitrogen functional groups attached to an aromatic ring is 1. The summed E-state index contributed by atoms with van der Waals surface area (Å²) in [4.78, 5) is 25.1. The highest BCUT2D eigenvalue weighted by molar-refractivity contribution is 5.93. The van der Waals surface area contributed by atoms with Crippen molar-refractivity contribution >= 4 is 29.2 Å². The molecular weight excluding hydrogens is 422 g/mol. The molecule has 174 valence electrons. The molecule has 1 saturated heterocycles. The maximum atomic E-state index is 12.2. The molecular formula is C22H29N9O2. The van der Waals surface area contributed by atoms with Gasteiger partial charge in [0.15, 0.2) is 5.82 Å². The number of benzene rings is 1. The molecule has 11 heteroatoms. The van der Waals surface area contributed by atoms with Crippen molar-refractivity contribution in [1.82, 2.24) is 30.0 Å². The number of ether oxygens (including phenoxy) is 1. The lowest BCUT2D eigenvalue weighted by atomic mass is 10.2. The standard InChI is InChI=1S/C22H29N9O2/c1-29(2)10-9-24-20(32)16-3-8-19(25-15-16)31-21(23)27-22(28-31)26-17-4-6-18(7-5-17)30-11-13-33-14-12-30/h3-8,15H,9-14H2,1-2H3,(H,24,32)(H3,23,26,27,28). The molecule has 3 aromatic rings. The number of morpholine rings is 1. The molecule has 0 atom stereocenters. The predicted octanol–water partition coefficient (Wildman–Crippen LogP) is 1.12. The van der Waals surface area contributed by atoms with Crippen LogP contribution in [-0.4, -0.2) is 84.0 Å². The second kappa shape index (κ2) is 10.3. The Morgan fingerprint density at radius 1 is 1.15 bits per heavy atom. The van der Waals surface area contributed by atoms with Crippen LogP contribution in [0.25, 0.3) is 5.82 Å². The molecule has 4 N–H and O–H groups in total. The lowest BCUT2D eigenvalue weighted by Gasteiger charge is -2.28. The Morgan fingerprint density at radius 2 is 1.91 bits per heavy atom. The average Bonchev–Trinajstić information content (AvgIpc) is 3.19. The van der Waals surface area contributed by atoms with Crippen LogP contribution < -0.4 is 21.3 Å². The molecule has 0 spiro atoms. The number of hydrogen-bond donors (Lipinski definition) is 3. The highest BCUT2D eigenvalue weighted by atomic mass is 16.5. The van der Waals surface area contributed by atoms with Crippen molar-refractivity contribution in [3.8, 4) is 5.82 Å². The Hall–Kier alpha value is -3.70. The fourth-order valence-corrected chi connectivity index (χ4v) is 3.39. The van der Waals surface area contributed by atoms with E-state index in [1.807, 2.05) is 31.1 Å². The van der Waals surface area contributed by atoms with Crippen LogP contribution in [0.4, 0.5) is 23.3 Å². The fourth-order valence-electron chi connectivity index (χ4n) is 3.39. The number of anilines is 4. The van der Waals surface area contributed by atoms with Gasteiger partial charge in [0.1, 0.15) is 0 Å². The van der Waals surface area contributed by atoms with E-state index in [1.165, 1.54) is 10.9 Å². The lowest BCUT2D eigenvalue weighted by molar-refractivity contribution is 0.0950. The van der Waals surface area contributed by atoms with Crippen LogP contribution in [0, 0.1) is 0 Å². The quantitative estimate of drug-likeness (QED) is 0.462. The number of carbonyl (C=O) groups is 1. The number of amides is 1. The molecule has 11 nitrogen and oxygen atoms in total. The minimum atomic E-state index is -0.176. The van der Waals surface area contributed by atoms with Crippen molar-refractivity contribution in [2.45, 2.75) is 0 Å². The third-order valence-electron chi connectivity index (χ3n) is 5.20. The van der Waals surface area contributed by atoms with Gasteiger partial charge in [-0.1, -0.05) is 0 Å². The van der Waals surface area contributed by atoms with E-state index in [0.717, 1.165) is 44.2 Å². The van der Waals surface area contributed by atoms with Gasteiger partial charge in [0, 0.05) is 43.8 Å². The second-order valence-corrected chi connectivity index (χ2v) is 7.94. The number of hydrogen-bond acceptors (Lipinski definition) is 9. The van der Waals surface area contributed by atoms with Crippen LogP contribution in [0.15, 0.2) is 42.6 Å². The van der Waals surface area contributed by atoms with Crippen LogP contribution in [0.5, 0.6) is 0 Å². The maximum Gasteiger partial charge on any atom is 0.252 e. The minimum absolute atomic E-state index is 0.176. The van der Waals surface area contributed by atoms with E-state index in [-0.39, 0.29) is 11.9 Å². The van der Waals surface area contributed by atoms with Crippen molar-refractivity contribution in [3.63, 3.8) is 0 Å². The molecule has 2 aromatic heterocycles. The first-order valence-corrected chi connectivity index (χ1v) is 10.8. The summed E-state index contributed by atoms with van der Waals surface area (Å²) in [5.74, 6) is 0.850. The molecule has 4 rings (SSSR count). The summed E-state index contributed by atoms with van der Waals surface area (Å²) in [5, 5.41) is 10.4. The Bertz CT molecular complexity index is 1060. The van der Waals surface area contributed by atoms with Gasteiger partial charge >= 0.3 is 0 Å². The van der Waals surface area contributed by atoms with Crippen LogP contribution in [0.1, 0.15) is 10.4 Å². The molecule has 3 heterocycles. The average molecular weight is 452 g/mol. The number of nitrogens with two attached hydrogens (primary N) is 1. The zero-order chi connectivity index (χ0) is 23.2. The van der Waals surface area contributed by atoms with E-state index >= 15 is 0 Å². The summed E-state index contributed by atoms with van der Waals surface area (Å²) < 4.78 is 6.83. The van der Waals surface area contributed by atoms with E-state index in [4.69, 9.17) is 10.5 Å². The molecule has 1 aliphatic heterocycles. The number of aromatic nitrogens is 4. The van der Waals surface area contributed by atoms with Crippen molar-refractivity contribution in [1.29, 1.82) is 0 Å². The summed E-state index contributed by atoms with van der Waals surface area (Å²) in [6.07, 6.45) is 1.50. The van der Waals surface area contributed by atoms with E-state index in [9.17, 15) is 4.79 Å². The van der Waals surface area contributed by atoms with Gasteiger partial charge in [0.25, 0.3) is 5.91 Å². The van der Waals surface area contributed by atoms with Crippen LogP contribution in [-0.2, 0) is 4.74 Å². The number of nitrogens with zero attached hydrogens (tertiary/aromatic N) is 6. The number of carbonyl (C=O) groups excluding carboxylic acids is 1. The molecule has 1 fully saturated rings. The third kappa shape index (κ3) is 5.76. The van der Waals surface area contributed by atoms with Gasteiger partial charge in [-0.25, -0.2) is 4.98 Å². The molecule has 0 aliphatic carbocycles. The molecule has 0 radical (unpaired) electrons.